The first-order chi connectivity index (χ1) is 6.29. The number of benzene rings is 1. The Balaban J connectivity index is 2.17. The molecule has 0 aliphatic rings. The van der Waals surface area contributed by atoms with Crippen molar-refractivity contribution in [2.75, 3.05) is 0 Å². The van der Waals surface area contributed by atoms with Gasteiger partial charge in [-0.05, 0) is 5.56 Å². The van der Waals surface area contributed by atoms with Crippen molar-refractivity contribution in [3.05, 3.63) is 35.9 Å². The summed E-state index contributed by atoms with van der Waals surface area (Å²) < 4.78 is 5.30. The van der Waals surface area contributed by atoms with E-state index in [2.05, 4.69) is 9.44 Å². The van der Waals surface area contributed by atoms with Gasteiger partial charge in [0, 0.05) is 18.7 Å². The monoisotopic (exact) mass is 197 g/mol. The number of amides is 2. The van der Waals surface area contributed by atoms with E-state index in [1.165, 1.54) is 0 Å². The van der Waals surface area contributed by atoms with E-state index in [-0.39, 0.29) is 0 Å². The number of hydrogen-bond donors (Lipinski definition) is 3. The van der Waals surface area contributed by atoms with Gasteiger partial charge in [-0.2, -0.15) is 0 Å². The molecule has 4 N–H and O–H groups in total. The number of carbonyl (C=O) groups is 1. The Hall–Kier alpha value is -1.20. The molecule has 0 aliphatic heterocycles. The summed E-state index contributed by atoms with van der Waals surface area (Å²) in [4.78, 5) is 10.3. The minimum atomic E-state index is -0.550. The molecule has 5 heteroatoms. The van der Waals surface area contributed by atoms with E-state index >= 15 is 0 Å². The molecule has 0 atom stereocenters. The molecule has 1 aromatic rings. The SMILES string of the molecule is NC(=O)NSNCc1ccccc1. The third-order valence-corrected chi connectivity index (χ3v) is 1.93. The molecule has 0 saturated heterocycles. The lowest BCUT2D eigenvalue weighted by molar-refractivity contribution is 0.254. The van der Waals surface area contributed by atoms with Crippen LogP contribution in [0.2, 0.25) is 0 Å². The zero-order chi connectivity index (χ0) is 9.52. The molecule has 0 saturated carbocycles. The van der Waals surface area contributed by atoms with E-state index in [0.717, 1.165) is 17.7 Å². The van der Waals surface area contributed by atoms with Crippen LogP contribution in [0.15, 0.2) is 30.3 Å². The lowest BCUT2D eigenvalue weighted by Gasteiger charge is -2.02. The minimum Gasteiger partial charge on any atom is -0.351 e. The largest absolute Gasteiger partial charge is 0.351 e. The molecule has 1 aromatic carbocycles. The van der Waals surface area contributed by atoms with E-state index in [1.54, 1.807) is 0 Å². The molecule has 0 radical (unpaired) electrons. The van der Waals surface area contributed by atoms with Gasteiger partial charge in [0.15, 0.2) is 0 Å². The van der Waals surface area contributed by atoms with Crippen molar-refractivity contribution in [2.24, 2.45) is 5.73 Å². The number of hydrogen-bond acceptors (Lipinski definition) is 3. The molecule has 0 fully saturated rings. The topological polar surface area (TPSA) is 67.2 Å². The summed E-state index contributed by atoms with van der Waals surface area (Å²) >= 11 is 1.08. The number of primary amides is 1. The van der Waals surface area contributed by atoms with Crippen LogP contribution in [0.1, 0.15) is 5.56 Å². The summed E-state index contributed by atoms with van der Waals surface area (Å²) in [5.41, 5.74) is 6.01. The molecule has 0 unspecified atom stereocenters. The summed E-state index contributed by atoms with van der Waals surface area (Å²) in [5.74, 6) is 0. The number of rotatable bonds is 4. The summed E-state index contributed by atoms with van der Waals surface area (Å²) in [6, 6.07) is 9.32. The van der Waals surface area contributed by atoms with E-state index < -0.39 is 6.03 Å². The highest BCUT2D eigenvalue weighted by Crippen LogP contribution is 1.98. The fourth-order valence-electron chi connectivity index (χ4n) is 0.802. The van der Waals surface area contributed by atoms with Crippen LogP contribution >= 0.6 is 12.1 Å². The van der Waals surface area contributed by atoms with Gasteiger partial charge in [0.05, 0.1) is 0 Å². The number of carbonyl (C=O) groups excluding carboxylic acids is 1. The van der Waals surface area contributed by atoms with Crippen molar-refractivity contribution in [1.82, 2.24) is 9.44 Å². The molecule has 70 valence electrons. The molecule has 0 spiro atoms. The zero-order valence-corrected chi connectivity index (χ0v) is 7.80. The van der Waals surface area contributed by atoms with Gasteiger partial charge >= 0.3 is 6.03 Å². The first-order valence-electron chi connectivity index (χ1n) is 3.77. The lowest BCUT2D eigenvalue weighted by atomic mass is 10.2. The molecule has 0 aromatic heterocycles. The highest BCUT2D eigenvalue weighted by Gasteiger charge is 1.92. The summed E-state index contributed by atoms with van der Waals surface area (Å²) in [5, 5.41) is 0. The predicted octanol–water partition coefficient (Wildman–Crippen LogP) is 1.01. The van der Waals surface area contributed by atoms with Gasteiger partial charge in [0.1, 0.15) is 0 Å². The van der Waals surface area contributed by atoms with Crippen molar-refractivity contribution in [1.29, 1.82) is 0 Å². The van der Waals surface area contributed by atoms with Crippen LogP contribution < -0.4 is 15.2 Å². The minimum absolute atomic E-state index is 0.550. The maximum absolute atomic E-state index is 10.3. The highest BCUT2D eigenvalue weighted by atomic mass is 32.2. The number of nitrogens with one attached hydrogen (secondary N) is 2. The van der Waals surface area contributed by atoms with Crippen molar-refractivity contribution >= 4 is 18.2 Å². The molecule has 4 nitrogen and oxygen atoms in total. The molecule has 13 heavy (non-hydrogen) atoms. The van der Waals surface area contributed by atoms with Crippen molar-refractivity contribution in [3.8, 4) is 0 Å². The van der Waals surface area contributed by atoms with Crippen LogP contribution in [-0.4, -0.2) is 6.03 Å². The second kappa shape index (κ2) is 5.45. The third kappa shape index (κ3) is 4.39. The van der Waals surface area contributed by atoms with E-state index in [0.29, 0.717) is 6.54 Å². The smallest absolute Gasteiger partial charge is 0.323 e. The Kier molecular flexibility index (Phi) is 4.14. The standard InChI is InChI=1S/C8H11N3OS/c9-8(12)11-13-10-6-7-4-2-1-3-5-7/h1-5,10H,6H2,(H3,9,11,12). The van der Waals surface area contributed by atoms with Gasteiger partial charge in [-0.1, -0.05) is 30.3 Å². The Morgan fingerprint density at radius 2 is 2.08 bits per heavy atom. The first kappa shape index (κ1) is 9.88. The molecule has 0 bridgehead atoms. The average molecular weight is 197 g/mol. The summed E-state index contributed by atoms with van der Waals surface area (Å²) in [7, 11) is 0. The van der Waals surface area contributed by atoms with Gasteiger partial charge in [-0.15, -0.1) is 0 Å². The second-order valence-corrected chi connectivity index (χ2v) is 3.07. The second-order valence-electron chi connectivity index (χ2n) is 2.38. The molecular formula is C8H11N3OS. The molecule has 1 rings (SSSR count). The fraction of sp³-hybridized carbons (Fsp3) is 0.125. The van der Waals surface area contributed by atoms with E-state index in [4.69, 9.17) is 5.73 Å². The zero-order valence-electron chi connectivity index (χ0n) is 6.99. The number of urea groups is 1. The predicted molar refractivity (Wildman–Crippen MR) is 53.6 cm³/mol. The van der Waals surface area contributed by atoms with E-state index in [1.807, 2.05) is 30.3 Å². The highest BCUT2D eigenvalue weighted by molar-refractivity contribution is 7.96. The van der Waals surface area contributed by atoms with Crippen LogP contribution in [0.3, 0.4) is 0 Å². The molecule has 0 heterocycles. The Bertz CT molecular complexity index is 265. The first-order valence-corrected chi connectivity index (χ1v) is 4.59. The van der Waals surface area contributed by atoms with Crippen LogP contribution in [-0.2, 0) is 6.54 Å². The Labute approximate surface area is 81.2 Å². The summed E-state index contributed by atoms with van der Waals surface area (Å²) in [6.45, 7) is 0.686. The van der Waals surface area contributed by atoms with Gasteiger partial charge < -0.3 is 5.73 Å². The van der Waals surface area contributed by atoms with Gasteiger partial charge in [0.25, 0.3) is 0 Å². The van der Waals surface area contributed by atoms with Crippen molar-refractivity contribution < 1.29 is 4.79 Å². The maximum Gasteiger partial charge on any atom is 0.323 e. The van der Waals surface area contributed by atoms with Crippen LogP contribution in [0, 0.1) is 0 Å². The molecular weight excluding hydrogens is 186 g/mol. The van der Waals surface area contributed by atoms with Gasteiger partial charge in [-0.25, -0.2) is 9.52 Å². The third-order valence-electron chi connectivity index (χ3n) is 1.34. The Morgan fingerprint density at radius 1 is 1.38 bits per heavy atom. The van der Waals surface area contributed by atoms with Crippen LogP contribution in [0.4, 0.5) is 4.79 Å². The molecule has 0 aliphatic carbocycles. The normalized spacial score (nSPS) is 9.54. The van der Waals surface area contributed by atoms with Gasteiger partial charge in [0.2, 0.25) is 0 Å². The summed E-state index contributed by atoms with van der Waals surface area (Å²) in [6.07, 6.45) is 0. The van der Waals surface area contributed by atoms with E-state index in [9.17, 15) is 4.79 Å². The van der Waals surface area contributed by atoms with Crippen molar-refractivity contribution in [2.45, 2.75) is 6.54 Å². The van der Waals surface area contributed by atoms with Crippen LogP contribution in [0.25, 0.3) is 0 Å². The van der Waals surface area contributed by atoms with Crippen LogP contribution in [0.5, 0.6) is 0 Å². The van der Waals surface area contributed by atoms with Crippen molar-refractivity contribution in [3.63, 3.8) is 0 Å². The maximum atomic E-state index is 10.3. The average Bonchev–Trinajstić information content (AvgIpc) is 2.14. The number of nitrogens with two attached hydrogens (primary N) is 1. The van der Waals surface area contributed by atoms with Gasteiger partial charge in [-0.3, -0.25) is 4.72 Å². The lowest BCUT2D eigenvalue weighted by Crippen LogP contribution is -2.26. The fourth-order valence-corrected chi connectivity index (χ4v) is 1.21. The molecule has 2 amide bonds. The Morgan fingerprint density at radius 3 is 2.69 bits per heavy atom. The quantitative estimate of drug-likeness (QED) is 0.498.